The van der Waals surface area contributed by atoms with Crippen molar-refractivity contribution >= 4 is 0 Å². The fraction of sp³-hybridized carbons (Fsp3) is 0.684. The van der Waals surface area contributed by atoms with Gasteiger partial charge in [-0.25, -0.2) is 0 Å². The van der Waals surface area contributed by atoms with Crippen LogP contribution in [-0.2, 0) is 31.9 Å². The number of fused-ring (bicyclic) bond motifs is 15. The summed E-state index contributed by atoms with van der Waals surface area (Å²) in [6.45, 7) is -5.68. The van der Waals surface area contributed by atoms with E-state index in [-0.39, 0.29) is 158 Å². The Kier molecular flexibility index (Phi) is 15.3. The highest BCUT2D eigenvalue weighted by molar-refractivity contribution is 5.54. The van der Waals surface area contributed by atoms with Crippen LogP contribution in [-0.4, -0.2) is 217 Å². The minimum atomic E-state index is -3.36. The van der Waals surface area contributed by atoms with Gasteiger partial charge in [0.2, 0.25) is 0 Å². The number of piperidine rings is 5. The van der Waals surface area contributed by atoms with Crippen LogP contribution < -0.4 is 47.4 Å². The van der Waals surface area contributed by atoms with Crippen LogP contribution in [0.5, 0.6) is 57.5 Å². The Balaban J connectivity index is 0.000000196. The van der Waals surface area contributed by atoms with E-state index in [1.165, 1.54) is 66.9 Å². The Labute approximate surface area is 762 Å². The van der Waals surface area contributed by atoms with E-state index >= 15 is 0 Å². The van der Waals surface area contributed by atoms with Crippen molar-refractivity contribution in [3.63, 3.8) is 0 Å². The predicted octanol–water partition coefficient (Wildman–Crippen LogP) is 15.1. The summed E-state index contributed by atoms with van der Waals surface area (Å²) in [4.78, 5) is 3.66. The fourth-order valence-corrected chi connectivity index (χ4v) is 14.9. The van der Waals surface area contributed by atoms with Gasteiger partial charge in [-0.1, -0.05) is 69.2 Å². The van der Waals surface area contributed by atoms with Crippen LogP contribution in [0.4, 0.5) is 0 Å². The number of hydrogen-bond donors (Lipinski definition) is 5. The van der Waals surface area contributed by atoms with Gasteiger partial charge in [0, 0.05) is 143 Å². The molecule has 10 aliphatic rings. The molecule has 0 bridgehead atoms. The number of aliphatic hydroxyl groups is 5. The molecule has 5 aromatic rings. The molecule has 20 heteroatoms. The lowest BCUT2D eigenvalue weighted by atomic mass is 9.79. The summed E-state index contributed by atoms with van der Waals surface area (Å²) >= 11 is 0. The summed E-state index contributed by atoms with van der Waals surface area (Å²) in [6, 6.07) is -1.45. The first-order chi connectivity index (χ1) is 74.6. The third kappa shape index (κ3) is 21.1. The minimum absolute atomic E-state index is 0.00368. The third-order valence-corrected chi connectivity index (χ3v) is 20.3. The molecular formula is C95H145N5O15. The van der Waals surface area contributed by atoms with Gasteiger partial charge < -0.3 is 72.9 Å². The van der Waals surface area contributed by atoms with Crippen LogP contribution in [0.2, 0.25) is 0 Å². The van der Waals surface area contributed by atoms with Crippen LogP contribution in [0, 0.1) is 59.1 Å². The van der Waals surface area contributed by atoms with Gasteiger partial charge in [-0.15, -0.1) is 0 Å². The van der Waals surface area contributed by atoms with Crippen molar-refractivity contribution in [2.75, 3.05) is 136 Å². The van der Waals surface area contributed by atoms with E-state index in [1.54, 1.807) is 41.5 Å². The average molecular weight is 1650 g/mol. The molecule has 0 aliphatic carbocycles. The first-order valence-electron chi connectivity index (χ1n) is 63.9. The maximum absolute atomic E-state index is 11.2. The van der Waals surface area contributed by atoms with Gasteiger partial charge in [-0.05, 0) is 271 Å². The first kappa shape index (κ1) is 43.3. The highest BCUT2D eigenvalue weighted by Crippen LogP contribution is 2.50. The molecular weight excluding hydrogens is 1450 g/mol. The molecule has 5 fully saturated rings. The lowest BCUT2D eigenvalue weighted by molar-refractivity contribution is -0.0192. The van der Waals surface area contributed by atoms with E-state index in [4.69, 9.17) is 112 Å². The second kappa shape index (κ2) is 40.6. The third-order valence-electron chi connectivity index (χ3n) is 20.3. The van der Waals surface area contributed by atoms with Crippen LogP contribution >= 0.6 is 0 Å². The molecule has 16 atom stereocenters. The quantitative estimate of drug-likeness (QED) is 0.0491. The molecule has 0 amide bonds. The number of nitrogens with zero attached hydrogens (tertiary/aromatic N) is 5. The molecule has 640 valence electrons. The van der Waals surface area contributed by atoms with E-state index in [1.807, 2.05) is 13.8 Å². The molecule has 10 aliphatic heterocycles. The topological polar surface area (TPSA) is 210 Å². The highest BCUT2D eigenvalue weighted by Gasteiger charge is 2.45. The Bertz CT molecular complexity index is 6370. The SMILES string of the molecule is [2H]C([2H])([2H])Oc1cc2c(cc1OC)C([2H])([2H])C([2H])([2H])N1CC(C([2H])([2H])C([2H])(C)C([2H])([2H])[2H])C(O)CC21[2H].[2H]C([2H])([2H])Oc1cc2c(cc1OC)C([2H])([2H])C([2H])([2H])N1CC(CC(C)C)C(O)CC21[2H].[2H]C([2H])([2H])Oc1cc2c(cc1OC)C([2H])([2H])C([2H])([2H])N1CC([2H])(CC(C)C)C([2H])(O)C([2H])([2H])C21[2H].[2H]C1(CC(C)C)CN2C([2H])([2H])C([2H])([2H])c3cc(OC)c(OC)cc3C2([2H])C([2H])([2H])C1([2H])O.[2H]C1(CC(C)C)CN2C([2H])([2H])C([2H])([2H])c3cc(OC)c(OC)cc3C2([2H])C([2H])([2H])C1([2H])O. The second-order valence-electron chi connectivity index (χ2n) is 30.4. The van der Waals surface area contributed by atoms with Crippen molar-refractivity contribution in [1.82, 2.24) is 24.5 Å². The summed E-state index contributed by atoms with van der Waals surface area (Å²) in [5.41, 5.74) is -2.96. The number of benzene rings is 5. The molecule has 0 spiro atoms. The summed E-state index contributed by atoms with van der Waals surface area (Å²) in [5, 5.41) is 55.2. The van der Waals surface area contributed by atoms with Crippen molar-refractivity contribution in [3.05, 3.63) is 116 Å². The number of hydrogen-bond acceptors (Lipinski definition) is 20. The maximum atomic E-state index is 11.2. The molecule has 5 N–H and O–H groups in total. The Hall–Kier alpha value is -6.30. The van der Waals surface area contributed by atoms with Crippen LogP contribution in [0.15, 0.2) is 60.7 Å². The van der Waals surface area contributed by atoms with Crippen molar-refractivity contribution < 1.29 is 144 Å². The fourth-order valence-electron chi connectivity index (χ4n) is 14.9. The molecule has 20 nitrogen and oxygen atoms in total. The largest absolute Gasteiger partial charge is 0.493 e. The zero-order valence-electron chi connectivity index (χ0n) is 120. The lowest BCUT2D eigenvalue weighted by Crippen LogP contribution is -2.48. The smallest absolute Gasteiger partial charge is 0.161 e. The molecule has 0 saturated carbocycles. The van der Waals surface area contributed by atoms with Gasteiger partial charge in [-0.3, -0.25) is 24.5 Å². The van der Waals surface area contributed by atoms with Gasteiger partial charge in [0.25, 0.3) is 0 Å². The highest BCUT2D eigenvalue weighted by atomic mass is 16.5. The van der Waals surface area contributed by atoms with Crippen molar-refractivity contribution in [2.24, 2.45) is 59.1 Å². The number of aliphatic hydroxyl groups excluding tert-OH is 2. The Morgan fingerprint density at radius 1 is 0.357 bits per heavy atom. The molecule has 0 aromatic heterocycles. The van der Waals surface area contributed by atoms with Gasteiger partial charge in [0.15, 0.2) is 57.5 Å². The van der Waals surface area contributed by atoms with Crippen molar-refractivity contribution in [1.29, 1.82) is 0 Å². The normalized spacial score (nSPS) is 47.9. The molecule has 15 rings (SSSR count). The Morgan fingerprint density at radius 3 is 0.861 bits per heavy atom. The van der Waals surface area contributed by atoms with Gasteiger partial charge in [0.1, 0.15) is 0 Å². The number of methoxy groups -OCH3 is 10. The predicted molar refractivity (Wildman–Crippen MR) is 456 cm³/mol. The van der Waals surface area contributed by atoms with E-state index in [0.29, 0.717) is 26.0 Å². The number of ether oxygens (including phenoxy) is 10. The Morgan fingerprint density at radius 2 is 0.600 bits per heavy atom. The average Bonchev–Trinajstić information content (AvgIpc) is 0.658. The zero-order chi connectivity index (χ0) is 129. The van der Waals surface area contributed by atoms with Crippen LogP contribution in [0.3, 0.4) is 0 Å². The molecule has 5 saturated heterocycles. The summed E-state index contributed by atoms with van der Waals surface area (Å²) in [6.07, 6.45) is -39.3. The van der Waals surface area contributed by atoms with E-state index in [9.17, 15) is 32.4 Å². The minimum Gasteiger partial charge on any atom is -0.493 e. The zero-order valence-corrected chi connectivity index (χ0v) is 67.7. The second-order valence-corrected chi connectivity index (χ2v) is 30.4. The lowest BCUT2D eigenvalue weighted by Gasteiger charge is -2.46. The molecule has 0 radical (unpaired) electrons. The standard InChI is InChI=1S/5C19H29NO3/c5*1-12(2)7-14-11-20-6-5-13-8-18(22-3)19(23-4)9-15(13)16(20)10-17(14)21/h5*8-9,12,14,16-17,21H,5-7,10-11H2,1-4H3/i4D3,5D2,6D2,10D2,14D,16D,17D;1D3,4D3,5D2,6D2,7D2,12D,16D;2*5D2,6D2,10D2,14D,16D,17D;4D3,5D2,6D2,16D. The van der Waals surface area contributed by atoms with Gasteiger partial charge >= 0.3 is 0 Å². The number of aryl methyl sites for hydroxylation is 5. The summed E-state index contributed by atoms with van der Waals surface area (Å²) in [5.74, 6) is -13.5. The molecule has 10 heterocycles. The number of rotatable bonds is 20. The summed E-state index contributed by atoms with van der Waals surface area (Å²) < 4.78 is 489. The van der Waals surface area contributed by atoms with Crippen molar-refractivity contribution in [2.45, 2.75) is 226 Å². The van der Waals surface area contributed by atoms with Crippen LogP contribution in [0.25, 0.3) is 0 Å². The van der Waals surface area contributed by atoms with E-state index in [0.717, 1.165) is 55.3 Å². The van der Waals surface area contributed by atoms with E-state index in [2.05, 4.69) is 0 Å². The summed E-state index contributed by atoms with van der Waals surface area (Å²) in [7, 11) is 0.0835. The van der Waals surface area contributed by atoms with Crippen molar-refractivity contribution in [3.8, 4) is 57.5 Å². The first-order valence-corrected chi connectivity index (χ1v) is 37.9. The van der Waals surface area contributed by atoms with E-state index < -0.39 is 257 Å². The maximum Gasteiger partial charge on any atom is 0.161 e. The van der Waals surface area contributed by atoms with Crippen LogP contribution in [0.1, 0.15) is 290 Å². The molecule has 5 aromatic carbocycles. The molecule has 16 unspecified atom stereocenters. The van der Waals surface area contributed by atoms with Gasteiger partial charge in [-0.2, -0.15) is 0 Å². The monoisotopic (exact) mass is 1650 g/mol. The molecule has 115 heavy (non-hydrogen) atoms. The van der Waals surface area contributed by atoms with Gasteiger partial charge in [0.05, 0.1) is 125 Å².